The zero-order valence-electron chi connectivity index (χ0n) is 7.65. The Morgan fingerprint density at radius 2 is 2.15 bits per heavy atom. The molecule has 0 spiro atoms. The van der Waals surface area contributed by atoms with Gasteiger partial charge < -0.3 is 0 Å². The van der Waals surface area contributed by atoms with Crippen LogP contribution in [0, 0.1) is 0 Å². The van der Waals surface area contributed by atoms with E-state index in [1.165, 1.54) is 12.8 Å². The van der Waals surface area contributed by atoms with Gasteiger partial charge in [-0.05, 0) is 26.3 Å². The van der Waals surface area contributed by atoms with Gasteiger partial charge >= 0.3 is 0 Å². The molecule has 6 unspecified atom stereocenters. The van der Waals surface area contributed by atoms with Crippen LogP contribution >= 0.6 is 15.9 Å². The number of alkyl halides is 1. The van der Waals surface area contributed by atoms with Crippen molar-refractivity contribution in [2.24, 2.45) is 0 Å². The molecule has 5 fully saturated rings. The topological polar surface area (TPSA) is 20.3 Å². The molecule has 13 heavy (non-hydrogen) atoms. The van der Waals surface area contributed by atoms with E-state index in [4.69, 9.17) is 0 Å². The Labute approximate surface area is 89.6 Å². The first-order valence-corrected chi connectivity index (χ1v) is 7.14. The molecule has 2 nitrogen and oxygen atoms in total. The van der Waals surface area contributed by atoms with Gasteiger partial charge in [0.1, 0.15) is 0 Å². The Hall–Kier alpha value is 0.590. The normalized spacial score (nSPS) is 60.2. The van der Waals surface area contributed by atoms with Crippen molar-refractivity contribution in [3.8, 4) is 0 Å². The maximum atomic E-state index is 12.0. The molecule has 0 N–H and O–H groups in total. The van der Waals surface area contributed by atoms with Crippen molar-refractivity contribution in [2.45, 2.75) is 46.7 Å². The third kappa shape index (κ3) is 0.999. The van der Waals surface area contributed by atoms with E-state index in [-0.39, 0.29) is 0 Å². The summed E-state index contributed by atoms with van der Waals surface area (Å²) in [6, 6.07) is 1.16. The third-order valence-corrected chi connectivity index (χ3v) is 7.11. The highest BCUT2D eigenvalue weighted by atomic mass is 79.9. The molecule has 0 aromatic heterocycles. The first-order valence-electron chi connectivity index (χ1n) is 4.95. The van der Waals surface area contributed by atoms with Crippen molar-refractivity contribution in [3.05, 3.63) is 0 Å². The molecule has 0 radical (unpaired) electrons. The third-order valence-electron chi connectivity index (χ3n) is 3.98. The van der Waals surface area contributed by atoms with Crippen molar-refractivity contribution in [3.63, 3.8) is 0 Å². The molecule has 6 atom stereocenters. The van der Waals surface area contributed by atoms with Crippen LogP contribution in [-0.4, -0.2) is 43.6 Å². The fourth-order valence-electron chi connectivity index (χ4n) is 3.38. The van der Waals surface area contributed by atoms with Crippen LogP contribution in [0.25, 0.3) is 0 Å². The monoisotopic (exact) mass is 263 g/mol. The smallest absolute Gasteiger partial charge is 0.0518 e. The number of nitrogens with zero attached hydrogens (tertiary/aromatic N) is 1. The summed E-state index contributed by atoms with van der Waals surface area (Å²) in [4.78, 5) is 3.06. The molecule has 4 bridgehead atoms. The maximum Gasteiger partial charge on any atom is 0.0518 e. The first kappa shape index (κ1) is 8.86. The first-order chi connectivity index (χ1) is 6.20. The average Bonchev–Trinajstić information content (AvgIpc) is 2.07. The molecule has 0 saturated carbocycles. The quantitative estimate of drug-likeness (QED) is 0.611. The second kappa shape index (κ2) is 2.80. The molecular weight excluding hydrogens is 250 g/mol. The van der Waals surface area contributed by atoms with E-state index in [1.54, 1.807) is 0 Å². The zero-order chi connectivity index (χ0) is 9.16. The van der Waals surface area contributed by atoms with Crippen molar-refractivity contribution in [1.82, 2.24) is 4.90 Å². The van der Waals surface area contributed by atoms with Crippen LogP contribution in [0.1, 0.15) is 19.3 Å². The lowest BCUT2D eigenvalue weighted by molar-refractivity contribution is 0.0646. The lowest BCUT2D eigenvalue weighted by Crippen LogP contribution is -2.71. The SMILES string of the molecule is CN1C2CCC3C1C(Br)CC2S3=O. The summed E-state index contributed by atoms with van der Waals surface area (Å²) < 4.78 is 12.0. The van der Waals surface area contributed by atoms with Crippen LogP contribution in [0.15, 0.2) is 0 Å². The van der Waals surface area contributed by atoms with Gasteiger partial charge in [0.15, 0.2) is 0 Å². The summed E-state index contributed by atoms with van der Waals surface area (Å²) >= 11 is 3.74. The van der Waals surface area contributed by atoms with Crippen LogP contribution in [0.2, 0.25) is 0 Å². The predicted octanol–water partition coefficient (Wildman–Crippen LogP) is 1.12. The number of hydrogen-bond donors (Lipinski definition) is 0. The average molecular weight is 264 g/mol. The van der Waals surface area contributed by atoms with E-state index in [2.05, 4.69) is 27.9 Å². The summed E-state index contributed by atoms with van der Waals surface area (Å²) in [5.41, 5.74) is 0. The fourth-order valence-corrected chi connectivity index (χ4v) is 7.48. The standard InChI is InChI=1S/C9H14BrNOS/c1-11-6-2-3-7-9(11)5(10)4-8(6)13(7)12/h5-9H,2-4H2,1H3. The van der Waals surface area contributed by atoms with Crippen LogP contribution in [-0.2, 0) is 10.8 Å². The van der Waals surface area contributed by atoms with Gasteiger partial charge in [0.05, 0.1) is 10.5 Å². The minimum Gasteiger partial charge on any atom is -0.297 e. The van der Waals surface area contributed by atoms with Crippen LogP contribution < -0.4 is 0 Å². The molecule has 5 heterocycles. The minimum absolute atomic E-state index is 0.457. The van der Waals surface area contributed by atoms with E-state index in [1.807, 2.05) is 0 Å². The molecule has 74 valence electrons. The van der Waals surface area contributed by atoms with Gasteiger partial charge in [-0.3, -0.25) is 9.11 Å². The van der Waals surface area contributed by atoms with Gasteiger partial charge in [0, 0.05) is 27.7 Å². The van der Waals surface area contributed by atoms with Crippen molar-refractivity contribution >= 4 is 26.7 Å². The van der Waals surface area contributed by atoms with Gasteiger partial charge in [-0.1, -0.05) is 15.9 Å². The lowest BCUT2D eigenvalue weighted by Gasteiger charge is -2.59. The highest BCUT2D eigenvalue weighted by Crippen LogP contribution is 2.47. The molecule has 5 aliphatic rings. The summed E-state index contributed by atoms with van der Waals surface area (Å²) in [6.07, 6.45) is 3.58. The Bertz CT molecular complexity index is 268. The van der Waals surface area contributed by atoms with Gasteiger partial charge in [0.25, 0.3) is 0 Å². The lowest BCUT2D eigenvalue weighted by atomic mass is 9.83. The molecular formula is C9H14BrNOS. The van der Waals surface area contributed by atoms with Crippen molar-refractivity contribution in [1.29, 1.82) is 0 Å². The molecule has 0 amide bonds. The Balaban J connectivity index is 2.04. The Morgan fingerprint density at radius 3 is 2.77 bits per heavy atom. The van der Waals surface area contributed by atoms with Gasteiger partial charge in [0.2, 0.25) is 0 Å². The highest BCUT2D eigenvalue weighted by molar-refractivity contribution is 9.09. The molecule has 5 saturated heterocycles. The second-order valence-corrected chi connectivity index (χ2v) is 7.50. The number of halogens is 1. The van der Waals surface area contributed by atoms with Crippen molar-refractivity contribution in [2.75, 3.05) is 7.05 Å². The van der Waals surface area contributed by atoms with Crippen LogP contribution in [0.5, 0.6) is 0 Å². The van der Waals surface area contributed by atoms with E-state index in [0.717, 1.165) is 6.42 Å². The fraction of sp³-hybridized carbons (Fsp3) is 1.00. The predicted molar refractivity (Wildman–Crippen MR) is 57.6 cm³/mol. The van der Waals surface area contributed by atoms with Crippen LogP contribution in [0.4, 0.5) is 0 Å². The molecule has 4 heteroatoms. The van der Waals surface area contributed by atoms with E-state index < -0.39 is 10.8 Å². The summed E-state index contributed by atoms with van der Waals surface area (Å²) in [5, 5.41) is 0.913. The number of fused-ring (bicyclic) bond motifs is 2. The minimum atomic E-state index is -0.529. The summed E-state index contributed by atoms with van der Waals surface area (Å²) in [5.74, 6) is 0. The molecule has 5 rings (SSSR count). The number of piperidine rings is 2. The van der Waals surface area contributed by atoms with E-state index >= 15 is 0 Å². The van der Waals surface area contributed by atoms with Gasteiger partial charge in [-0.2, -0.15) is 0 Å². The largest absolute Gasteiger partial charge is 0.297 e. The molecule has 0 aromatic carbocycles. The van der Waals surface area contributed by atoms with Gasteiger partial charge in [-0.15, -0.1) is 0 Å². The van der Waals surface area contributed by atoms with E-state index in [0.29, 0.717) is 27.4 Å². The molecule has 0 aliphatic carbocycles. The zero-order valence-corrected chi connectivity index (χ0v) is 10.1. The van der Waals surface area contributed by atoms with E-state index in [9.17, 15) is 4.21 Å². The Kier molecular flexibility index (Phi) is 1.91. The Morgan fingerprint density at radius 1 is 1.38 bits per heavy atom. The summed E-state index contributed by atoms with van der Waals surface area (Å²) in [7, 11) is 1.68. The number of rotatable bonds is 0. The highest BCUT2D eigenvalue weighted by Gasteiger charge is 2.57. The maximum absolute atomic E-state index is 12.0. The molecule has 5 aliphatic heterocycles. The van der Waals surface area contributed by atoms with Crippen molar-refractivity contribution < 1.29 is 4.21 Å². The second-order valence-electron chi connectivity index (χ2n) is 4.46. The summed E-state index contributed by atoms with van der Waals surface area (Å²) in [6.45, 7) is 0. The van der Waals surface area contributed by atoms with Crippen LogP contribution in [0.3, 0.4) is 0 Å². The van der Waals surface area contributed by atoms with Gasteiger partial charge in [-0.25, -0.2) is 0 Å². The number of hydrogen-bond acceptors (Lipinski definition) is 2. The molecule has 0 aromatic rings.